The Hall–Kier alpha value is -2.62. The van der Waals surface area contributed by atoms with Crippen LogP contribution in [0.5, 0.6) is 0 Å². The molecule has 0 unspecified atom stereocenters. The molecule has 1 saturated heterocycles. The molecule has 0 N–H and O–H groups in total. The molecular formula is C22H25NO3. The summed E-state index contributed by atoms with van der Waals surface area (Å²) in [5, 5.41) is 0. The molecule has 0 radical (unpaired) electrons. The lowest BCUT2D eigenvalue weighted by Crippen LogP contribution is -2.37. The summed E-state index contributed by atoms with van der Waals surface area (Å²) in [5.74, 6) is -0.0381. The van der Waals surface area contributed by atoms with Gasteiger partial charge < -0.3 is 4.74 Å². The van der Waals surface area contributed by atoms with E-state index in [1.165, 1.54) is 10.5 Å². The number of benzene rings is 2. The minimum absolute atomic E-state index is 0.203. The molecule has 0 aliphatic carbocycles. The van der Waals surface area contributed by atoms with Crippen molar-refractivity contribution in [2.24, 2.45) is 5.92 Å². The van der Waals surface area contributed by atoms with E-state index in [4.69, 9.17) is 4.74 Å². The summed E-state index contributed by atoms with van der Waals surface area (Å²) in [6.45, 7) is 6.41. The van der Waals surface area contributed by atoms with Gasteiger partial charge in [0.25, 0.3) is 0 Å². The molecule has 136 valence electrons. The Kier molecular flexibility index (Phi) is 5.40. The van der Waals surface area contributed by atoms with Gasteiger partial charge in [0.05, 0.1) is 5.92 Å². The lowest BCUT2D eigenvalue weighted by molar-refractivity contribution is -0.130. The fourth-order valence-corrected chi connectivity index (χ4v) is 3.35. The van der Waals surface area contributed by atoms with Gasteiger partial charge in [0.1, 0.15) is 12.6 Å². The van der Waals surface area contributed by atoms with Crippen molar-refractivity contribution in [1.82, 2.24) is 4.90 Å². The van der Waals surface area contributed by atoms with Crippen molar-refractivity contribution >= 4 is 12.0 Å². The quantitative estimate of drug-likeness (QED) is 0.784. The zero-order valence-electron chi connectivity index (χ0n) is 15.5. The third kappa shape index (κ3) is 3.79. The predicted molar refractivity (Wildman–Crippen MR) is 101 cm³/mol. The van der Waals surface area contributed by atoms with E-state index < -0.39 is 12.0 Å². The van der Waals surface area contributed by atoms with Crippen molar-refractivity contribution in [3.8, 4) is 0 Å². The van der Waals surface area contributed by atoms with E-state index in [1.807, 2.05) is 49.4 Å². The minimum atomic E-state index is -0.563. The van der Waals surface area contributed by atoms with Gasteiger partial charge >= 0.3 is 6.09 Å². The predicted octanol–water partition coefficient (Wildman–Crippen LogP) is 4.71. The minimum Gasteiger partial charge on any atom is -0.446 e. The first-order valence-corrected chi connectivity index (χ1v) is 9.11. The van der Waals surface area contributed by atoms with Gasteiger partial charge in [-0.1, -0.05) is 68.4 Å². The van der Waals surface area contributed by atoms with Crippen molar-refractivity contribution in [3.63, 3.8) is 0 Å². The van der Waals surface area contributed by atoms with E-state index in [9.17, 15) is 9.59 Å². The number of imide groups is 1. The fourth-order valence-electron chi connectivity index (χ4n) is 3.35. The van der Waals surface area contributed by atoms with Crippen molar-refractivity contribution in [2.45, 2.75) is 39.2 Å². The van der Waals surface area contributed by atoms with Crippen LogP contribution >= 0.6 is 0 Å². The summed E-state index contributed by atoms with van der Waals surface area (Å²) < 4.78 is 5.17. The van der Waals surface area contributed by atoms with Gasteiger partial charge in [-0.25, -0.2) is 9.69 Å². The molecule has 3 rings (SSSR count). The number of nitrogens with zero attached hydrogens (tertiary/aromatic N) is 1. The number of rotatable bonds is 5. The highest BCUT2D eigenvalue weighted by atomic mass is 16.6. The van der Waals surface area contributed by atoms with Crippen LogP contribution in [-0.2, 0) is 16.0 Å². The third-order valence-electron chi connectivity index (χ3n) is 4.79. The van der Waals surface area contributed by atoms with Crippen LogP contribution in [0.4, 0.5) is 4.79 Å². The Morgan fingerprint density at radius 3 is 2.35 bits per heavy atom. The molecule has 4 nitrogen and oxygen atoms in total. The summed E-state index contributed by atoms with van der Waals surface area (Å²) in [7, 11) is 0. The number of amides is 2. The van der Waals surface area contributed by atoms with E-state index in [0.29, 0.717) is 5.92 Å². The van der Waals surface area contributed by atoms with Gasteiger partial charge in [0, 0.05) is 0 Å². The van der Waals surface area contributed by atoms with Crippen LogP contribution in [0.1, 0.15) is 49.4 Å². The lowest BCUT2D eigenvalue weighted by atomic mass is 9.95. The van der Waals surface area contributed by atoms with Gasteiger partial charge in [-0.05, 0) is 36.0 Å². The van der Waals surface area contributed by atoms with Crippen molar-refractivity contribution in [1.29, 1.82) is 0 Å². The first-order valence-electron chi connectivity index (χ1n) is 9.11. The summed E-state index contributed by atoms with van der Waals surface area (Å²) in [5.41, 5.74) is 3.08. The normalized spacial score (nSPS) is 18.1. The van der Waals surface area contributed by atoms with Crippen molar-refractivity contribution in [2.75, 3.05) is 6.61 Å². The molecule has 2 aromatic carbocycles. The van der Waals surface area contributed by atoms with Crippen LogP contribution in [0.3, 0.4) is 0 Å². The standard InChI is InChI=1S/C22H25NO3/c1-15(2)13-17-9-11-18(12-10-17)16(3)21(24)23-20(14-26-22(23)25)19-7-5-4-6-8-19/h4-12,15-16,20H,13-14H2,1-3H3/t16-,20-/m1/s1. The van der Waals surface area contributed by atoms with Crippen LogP contribution in [-0.4, -0.2) is 23.5 Å². The Balaban J connectivity index is 1.79. The third-order valence-corrected chi connectivity index (χ3v) is 4.79. The van der Waals surface area contributed by atoms with Crippen LogP contribution in [0.25, 0.3) is 0 Å². The molecule has 0 aromatic heterocycles. The van der Waals surface area contributed by atoms with Crippen molar-refractivity contribution in [3.05, 3.63) is 71.3 Å². The van der Waals surface area contributed by atoms with Gasteiger partial charge in [-0.2, -0.15) is 0 Å². The molecule has 2 atom stereocenters. The molecule has 2 amide bonds. The average molecular weight is 351 g/mol. The first kappa shape index (κ1) is 18.2. The van der Waals surface area contributed by atoms with E-state index in [1.54, 1.807) is 0 Å². The lowest BCUT2D eigenvalue weighted by Gasteiger charge is -2.23. The topological polar surface area (TPSA) is 46.6 Å². The average Bonchev–Trinajstić information content (AvgIpc) is 3.03. The van der Waals surface area contributed by atoms with Crippen molar-refractivity contribution < 1.29 is 14.3 Å². The molecule has 1 fully saturated rings. The number of ether oxygens (including phenoxy) is 1. The molecule has 0 spiro atoms. The zero-order chi connectivity index (χ0) is 18.7. The Bertz CT molecular complexity index is 768. The highest BCUT2D eigenvalue weighted by molar-refractivity contribution is 5.97. The Labute approximate surface area is 154 Å². The van der Waals surface area contributed by atoms with Gasteiger partial charge in [-0.15, -0.1) is 0 Å². The molecule has 0 bridgehead atoms. The SMILES string of the molecule is CC(C)Cc1ccc([C@@H](C)C(=O)N2C(=O)OC[C@@H]2c2ccccc2)cc1. The Morgan fingerprint density at radius 1 is 1.08 bits per heavy atom. The monoisotopic (exact) mass is 351 g/mol. The van der Waals surface area contributed by atoms with Crippen LogP contribution < -0.4 is 0 Å². The number of hydrogen-bond acceptors (Lipinski definition) is 3. The van der Waals surface area contributed by atoms with E-state index in [-0.39, 0.29) is 18.6 Å². The summed E-state index contributed by atoms with van der Waals surface area (Å²) in [6.07, 6.45) is 0.448. The number of cyclic esters (lactones) is 1. The summed E-state index contributed by atoms with van der Waals surface area (Å²) in [4.78, 5) is 26.5. The smallest absolute Gasteiger partial charge is 0.417 e. The summed E-state index contributed by atoms with van der Waals surface area (Å²) >= 11 is 0. The summed E-state index contributed by atoms with van der Waals surface area (Å²) in [6, 6.07) is 17.3. The number of carbonyl (C=O) groups is 2. The maximum absolute atomic E-state index is 13.0. The maximum atomic E-state index is 13.0. The van der Waals surface area contributed by atoms with E-state index in [0.717, 1.165) is 17.5 Å². The number of hydrogen-bond donors (Lipinski definition) is 0. The van der Waals surface area contributed by atoms with Gasteiger partial charge in [0.2, 0.25) is 5.91 Å². The van der Waals surface area contributed by atoms with Crippen LogP contribution in [0.2, 0.25) is 0 Å². The second-order valence-corrected chi connectivity index (χ2v) is 7.27. The van der Waals surface area contributed by atoms with Gasteiger partial charge in [0.15, 0.2) is 0 Å². The molecule has 1 aliphatic heterocycles. The molecule has 1 heterocycles. The van der Waals surface area contributed by atoms with E-state index in [2.05, 4.69) is 26.0 Å². The highest BCUT2D eigenvalue weighted by Crippen LogP contribution is 2.31. The molecule has 0 saturated carbocycles. The highest BCUT2D eigenvalue weighted by Gasteiger charge is 2.40. The molecule has 26 heavy (non-hydrogen) atoms. The zero-order valence-corrected chi connectivity index (χ0v) is 15.5. The Morgan fingerprint density at radius 2 is 1.73 bits per heavy atom. The van der Waals surface area contributed by atoms with Crippen LogP contribution in [0, 0.1) is 5.92 Å². The first-order chi connectivity index (χ1) is 12.5. The van der Waals surface area contributed by atoms with Crippen LogP contribution in [0.15, 0.2) is 54.6 Å². The maximum Gasteiger partial charge on any atom is 0.417 e. The fraction of sp³-hybridized carbons (Fsp3) is 0.364. The largest absolute Gasteiger partial charge is 0.446 e. The van der Waals surface area contributed by atoms with E-state index >= 15 is 0 Å². The molecule has 4 heteroatoms. The molecule has 1 aliphatic rings. The van der Waals surface area contributed by atoms with Gasteiger partial charge in [-0.3, -0.25) is 4.79 Å². The molecular weight excluding hydrogens is 326 g/mol. The second kappa shape index (κ2) is 7.73. The number of carbonyl (C=O) groups excluding carboxylic acids is 2. The second-order valence-electron chi connectivity index (χ2n) is 7.27. The molecule has 2 aromatic rings.